The second kappa shape index (κ2) is 7.93. The van der Waals surface area contributed by atoms with Gasteiger partial charge in [-0.1, -0.05) is 30.3 Å². The molecular weight excluding hydrogens is 299 g/mol. The van der Waals surface area contributed by atoms with Crippen molar-refractivity contribution in [3.8, 4) is 0 Å². The lowest BCUT2D eigenvalue weighted by Crippen LogP contribution is -2.28. The van der Waals surface area contributed by atoms with Crippen molar-refractivity contribution in [2.24, 2.45) is 0 Å². The molecule has 23 heavy (non-hydrogen) atoms. The van der Waals surface area contributed by atoms with E-state index in [0.29, 0.717) is 16.8 Å². The van der Waals surface area contributed by atoms with E-state index in [4.69, 9.17) is 4.74 Å². The fraction of sp³-hybridized carbons (Fsp3) is 0.176. The summed E-state index contributed by atoms with van der Waals surface area (Å²) in [6.45, 7) is -0.387. The van der Waals surface area contributed by atoms with E-state index in [1.807, 2.05) is 0 Å². The number of halogens is 1. The zero-order valence-corrected chi connectivity index (χ0v) is 12.6. The summed E-state index contributed by atoms with van der Waals surface area (Å²) >= 11 is 0. The van der Waals surface area contributed by atoms with Crippen LogP contribution in [0.5, 0.6) is 0 Å². The lowest BCUT2D eigenvalue weighted by atomic mass is 10.2. The van der Waals surface area contributed by atoms with Crippen LogP contribution in [-0.2, 0) is 16.1 Å². The van der Waals surface area contributed by atoms with Gasteiger partial charge in [-0.3, -0.25) is 4.79 Å². The summed E-state index contributed by atoms with van der Waals surface area (Å²) in [6.07, 6.45) is 0. The molecule has 5 nitrogen and oxygen atoms in total. The van der Waals surface area contributed by atoms with Crippen LogP contribution in [0, 0.1) is 5.82 Å². The number of benzene rings is 2. The SMILES string of the molecule is CNc1ccccc1C(=O)OCC(=O)NCc1ccccc1F. The predicted molar refractivity (Wildman–Crippen MR) is 84.5 cm³/mol. The standard InChI is InChI=1S/C17H17FN2O3/c1-19-15-9-5-3-7-13(15)17(22)23-11-16(21)20-10-12-6-2-4-8-14(12)18/h2-9,19H,10-11H2,1H3,(H,20,21). The number of hydrogen-bond acceptors (Lipinski definition) is 4. The van der Waals surface area contributed by atoms with Crippen molar-refractivity contribution in [3.05, 3.63) is 65.5 Å². The Morgan fingerprint density at radius 1 is 1.09 bits per heavy atom. The molecule has 120 valence electrons. The van der Waals surface area contributed by atoms with Gasteiger partial charge in [-0.15, -0.1) is 0 Å². The highest BCUT2D eigenvalue weighted by atomic mass is 19.1. The van der Waals surface area contributed by atoms with Crippen molar-refractivity contribution >= 4 is 17.6 Å². The monoisotopic (exact) mass is 316 g/mol. The maximum atomic E-state index is 13.4. The zero-order valence-electron chi connectivity index (χ0n) is 12.6. The van der Waals surface area contributed by atoms with Crippen molar-refractivity contribution in [2.75, 3.05) is 19.0 Å². The highest BCUT2D eigenvalue weighted by molar-refractivity contribution is 5.96. The van der Waals surface area contributed by atoms with Gasteiger partial charge in [0.15, 0.2) is 6.61 Å². The third kappa shape index (κ3) is 4.54. The number of carbonyl (C=O) groups excluding carboxylic acids is 2. The predicted octanol–water partition coefficient (Wildman–Crippen LogP) is 2.34. The molecule has 0 aliphatic heterocycles. The minimum atomic E-state index is -0.601. The average Bonchev–Trinajstić information content (AvgIpc) is 2.58. The van der Waals surface area contributed by atoms with E-state index in [0.717, 1.165) is 0 Å². The molecule has 1 amide bonds. The lowest BCUT2D eigenvalue weighted by molar-refractivity contribution is -0.124. The molecule has 0 bridgehead atoms. The van der Waals surface area contributed by atoms with Gasteiger partial charge >= 0.3 is 5.97 Å². The number of nitrogens with one attached hydrogen (secondary N) is 2. The van der Waals surface area contributed by atoms with Crippen LogP contribution in [-0.4, -0.2) is 25.5 Å². The minimum absolute atomic E-state index is 0.0379. The van der Waals surface area contributed by atoms with Crippen molar-refractivity contribution in [1.29, 1.82) is 0 Å². The molecule has 0 saturated carbocycles. The first-order valence-corrected chi connectivity index (χ1v) is 7.06. The zero-order chi connectivity index (χ0) is 16.7. The molecule has 0 radical (unpaired) electrons. The van der Waals surface area contributed by atoms with Crippen LogP contribution in [0.1, 0.15) is 15.9 Å². The van der Waals surface area contributed by atoms with E-state index < -0.39 is 24.3 Å². The van der Waals surface area contributed by atoms with E-state index in [9.17, 15) is 14.0 Å². The molecule has 2 aromatic carbocycles. The van der Waals surface area contributed by atoms with Gasteiger partial charge in [-0.2, -0.15) is 0 Å². The third-order valence-electron chi connectivity index (χ3n) is 3.18. The Balaban J connectivity index is 1.84. The highest BCUT2D eigenvalue weighted by Gasteiger charge is 2.13. The van der Waals surface area contributed by atoms with Gasteiger partial charge in [0.2, 0.25) is 0 Å². The van der Waals surface area contributed by atoms with E-state index in [1.165, 1.54) is 6.07 Å². The molecule has 0 saturated heterocycles. The summed E-state index contributed by atoms with van der Waals surface area (Å²) in [4.78, 5) is 23.6. The molecule has 0 atom stereocenters. The maximum Gasteiger partial charge on any atom is 0.340 e. The minimum Gasteiger partial charge on any atom is -0.452 e. The van der Waals surface area contributed by atoms with Crippen LogP contribution in [0.3, 0.4) is 0 Å². The Bertz CT molecular complexity index is 704. The average molecular weight is 316 g/mol. The van der Waals surface area contributed by atoms with Crippen LogP contribution >= 0.6 is 0 Å². The van der Waals surface area contributed by atoms with Gasteiger partial charge in [0.1, 0.15) is 5.82 Å². The molecule has 0 fully saturated rings. The lowest BCUT2D eigenvalue weighted by Gasteiger charge is -2.09. The van der Waals surface area contributed by atoms with Crippen LogP contribution in [0.15, 0.2) is 48.5 Å². The van der Waals surface area contributed by atoms with Gasteiger partial charge < -0.3 is 15.4 Å². The number of amides is 1. The normalized spacial score (nSPS) is 10.0. The first-order chi connectivity index (χ1) is 11.1. The van der Waals surface area contributed by atoms with E-state index >= 15 is 0 Å². The van der Waals surface area contributed by atoms with Gasteiger partial charge in [-0.05, 0) is 18.2 Å². The van der Waals surface area contributed by atoms with Gasteiger partial charge in [0.25, 0.3) is 5.91 Å². The Kier molecular flexibility index (Phi) is 5.68. The number of para-hydroxylation sites is 1. The highest BCUT2D eigenvalue weighted by Crippen LogP contribution is 2.15. The molecule has 0 heterocycles. The van der Waals surface area contributed by atoms with Crippen LogP contribution in [0.25, 0.3) is 0 Å². The Morgan fingerprint density at radius 3 is 2.52 bits per heavy atom. The van der Waals surface area contributed by atoms with Crippen LogP contribution < -0.4 is 10.6 Å². The summed E-state index contributed by atoms with van der Waals surface area (Å²) in [6, 6.07) is 13.0. The smallest absolute Gasteiger partial charge is 0.340 e. The number of ether oxygens (including phenoxy) is 1. The molecule has 2 rings (SSSR count). The van der Waals surface area contributed by atoms with Crippen LogP contribution in [0.2, 0.25) is 0 Å². The first-order valence-electron chi connectivity index (χ1n) is 7.06. The maximum absolute atomic E-state index is 13.4. The second-order valence-electron chi connectivity index (χ2n) is 4.74. The topological polar surface area (TPSA) is 67.4 Å². The Morgan fingerprint density at radius 2 is 1.78 bits per heavy atom. The van der Waals surface area contributed by atoms with Crippen molar-refractivity contribution in [1.82, 2.24) is 5.32 Å². The summed E-state index contributed by atoms with van der Waals surface area (Å²) in [5.74, 6) is -1.49. The largest absolute Gasteiger partial charge is 0.452 e. The first kappa shape index (κ1) is 16.5. The molecule has 0 aliphatic carbocycles. The summed E-state index contributed by atoms with van der Waals surface area (Å²) in [5, 5.41) is 5.38. The Labute approximate surface area is 133 Å². The number of anilines is 1. The van der Waals surface area contributed by atoms with E-state index in [1.54, 1.807) is 49.5 Å². The third-order valence-corrected chi connectivity index (χ3v) is 3.18. The molecule has 0 unspecified atom stereocenters. The van der Waals surface area contributed by atoms with Gasteiger partial charge in [0.05, 0.1) is 5.56 Å². The summed E-state index contributed by atoms with van der Waals surface area (Å²) in [5.41, 5.74) is 1.33. The molecule has 0 spiro atoms. The van der Waals surface area contributed by atoms with E-state index in [-0.39, 0.29) is 6.54 Å². The summed E-state index contributed by atoms with van der Waals surface area (Å²) < 4.78 is 18.4. The number of hydrogen-bond donors (Lipinski definition) is 2. The van der Waals surface area contributed by atoms with E-state index in [2.05, 4.69) is 10.6 Å². The molecular formula is C17H17FN2O3. The number of esters is 1. The number of carbonyl (C=O) groups is 2. The molecule has 0 aromatic heterocycles. The Hall–Kier alpha value is -2.89. The fourth-order valence-corrected chi connectivity index (χ4v) is 1.97. The van der Waals surface area contributed by atoms with Crippen LogP contribution in [0.4, 0.5) is 10.1 Å². The second-order valence-corrected chi connectivity index (χ2v) is 4.74. The van der Waals surface area contributed by atoms with Gasteiger partial charge in [-0.25, -0.2) is 9.18 Å². The molecule has 2 N–H and O–H groups in total. The van der Waals surface area contributed by atoms with Gasteiger partial charge in [0, 0.05) is 24.8 Å². The van der Waals surface area contributed by atoms with Crippen molar-refractivity contribution in [2.45, 2.75) is 6.54 Å². The number of rotatable bonds is 6. The quantitative estimate of drug-likeness (QED) is 0.803. The molecule has 2 aromatic rings. The fourth-order valence-electron chi connectivity index (χ4n) is 1.97. The molecule has 0 aliphatic rings. The van der Waals surface area contributed by atoms with Crippen molar-refractivity contribution < 1.29 is 18.7 Å². The van der Waals surface area contributed by atoms with Crippen molar-refractivity contribution in [3.63, 3.8) is 0 Å². The molecule has 6 heteroatoms. The summed E-state index contributed by atoms with van der Waals surface area (Å²) in [7, 11) is 1.69.